The van der Waals surface area contributed by atoms with Crippen LogP contribution in [-0.2, 0) is 16.0 Å². The Balaban J connectivity index is 2.49. The van der Waals surface area contributed by atoms with Gasteiger partial charge in [-0.3, -0.25) is 9.59 Å². The minimum atomic E-state index is -0.321. The number of likely N-dealkylation sites (N-methyl/N-ethyl adjacent to an activating group) is 1. The third-order valence-electron chi connectivity index (χ3n) is 3.33. The van der Waals surface area contributed by atoms with E-state index in [2.05, 4.69) is 29.6 Å². The summed E-state index contributed by atoms with van der Waals surface area (Å²) in [6.07, 6.45) is 0.785. The van der Waals surface area contributed by atoms with E-state index in [0.29, 0.717) is 0 Å². The van der Waals surface area contributed by atoms with E-state index in [0.717, 1.165) is 6.42 Å². The molecule has 3 N–H and O–H groups in total. The van der Waals surface area contributed by atoms with Gasteiger partial charge in [0.05, 0.1) is 13.1 Å². The van der Waals surface area contributed by atoms with Crippen molar-refractivity contribution in [2.45, 2.75) is 26.3 Å². The van der Waals surface area contributed by atoms with Crippen molar-refractivity contribution in [3.63, 3.8) is 0 Å². The van der Waals surface area contributed by atoms with E-state index in [1.54, 1.807) is 11.9 Å². The van der Waals surface area contributed by atoms with Crippen LogP contribution in [0.1, 0.15) is 18.1 Å². The van der Waals surface area contributed by atoms with Gasteiger partial charge in [0.15, 0.2) is 0 Å². The molecule has 110 valence electrons. The van der Waals surface area contributed by atoms with Crippen LogP contribution in [0.2, 0.25) is 0 Å². The number of carbonyl (C=O) groups is 2. The summed E-state index contributed by atoms with van der Waals surface area (Å²) < 4.78 is 0. The van der Waals surface area contributed by atoms with Gasteiger partial charge in [0.25, 0.3) is 0 Å². The predicted octanol–water partition coefficient (Wildman–Crippen LogP) is 0.459. The van der Waals surface area contributed by atoms with E-state index in [1.165, 1.54) is 11.1 Å². The molecule has 1 unspecified atom stereocenters. The first kappa shape index (κ1) is 16.2. The highest BCUT2D eigenvalue weighted by molar-refractivity contribution is 5.85. The molecule has 1 rings (SSSR count). The highest BCUT2D eigenvalue weighted by Crippen LogP contribution is 2.09. The van der Waals surface area contributed by atoms with Crippen molar-refractivity contribution in [3.8, 4) is 0 Å². The first-order valence-corrected chi connectivity index (χ1v) is 6.72. The standard InChI is InChI=1S/C15H23N3O2/c1-11-4-6-13(7-5-11)8-12(2)18(3)15(20)10-17-14(19)9-16/h4-7,12H,8-10,16H2,1-3H3,(H,17,19). The van der Waals surface area contributed by atoms with E-state index < -0.39 is 0 Å². The third-order valence-corrected chi connectivity index (χ3v) is 3.33. The molecule has 0 spiro atoms. The molecule has 0 aliphatic rings. The summed E-state index contributed by atoms with van der Waals surface area (Å²) in [6, 6.07) is 8.33. The number of rotatable bonds is 6. The van der Waals surface area contributed by atoms with E-state index in [4.69, 9.17) is 5.73 Å². The maximum absolute atomic E-state index is 11.9. The number of hydrogen-bond acceptors (Lipinski definition) is 3. The largest absolute Gasteiger partial charge is 0.346 e. The molecule has 0 aliphatic carbocycles. The van der Waals surface area contributed by atoms with Gasteiger partial charge in [-0.1, -0.05) is 29.8 Å². The monoisotopic (exact) mass is 277 g/mol. The van der Waals surface area contributed by atoms with Crippen LogP contribution >= 0.6 is 0 Å². The highest BCUT2D eigenvalue weighted by atomic mass is 16.2. The lowest BCUT2D eigenvalue weighted by Crippen LogP contribution is -2.44. The zero-order valence-electron chi connectivity index (χ0n) is 12.3. The Morgan fingerprint density at radius 1 is 1.30 bits per heavy atom. The molecule has 0 aliphatic heterocycles. The minimum Gasteiger partial charge on any atom is -0.346 e. The number of carbonyl (C=O) groups excluding carboxylic acids is 2. The smallest absolute Gasteiger partial charge is 0.241 e. The van der Waals surface area contributed by atoms with E-state index >= 15 is 0 Å². The number of hydrogen-bond donors (Lipinski definition) is 2. The second-order valence-corrected chi connectivity index (χ2v) is 5.02. The lowest BCUT2D eigenvalue weighted by molar-refractivity contribution is -0.133. The summed E-state index contributed by atoms with van der Waals surface area (Å²) in [4.78, 5) is 24.6. The van der Waals surface area contributed by atoms with Gasteiger partial charge in [-0.25, -0.2) is 0 Å². The molecule has 20 heavy (non-hydrogen) atoms. The first-order chi connectivity index (χ1) is 9.43. The zero-order chi connectivity index (χ0) is 15.1. The van der Waals surface area contributed by atoms with Crippen molar-refractivity contribution in [1.29, 1.82) is 0 Å². The Labute approximate surface area is 120 Å². The average Bonchev–Trinajstić information content (AvgIpc) is 2.45. The summed E-state index contributed by atoms with van der Waals surface area (Å²) >= 11 is 0. The molecule has 5 nitrogen and oxygen atoms in total. The maximum atomic E-state index is 11.9. The fourth-order valence-electron chi connectivity index (χ4n) is 1.82. The SMILES string of the molecule is Cc1ccc(CC(C)N(C)C(=O)CNC(=O)CN)cc1. The van der Waals surface area contributed by atoms with E-state index in [9.17, 15) is 9.59 Å². The summed E-state index contributed by atoms with van der Waals surface area (Å²) in [6.45, 7) is 3.92. The van der Waals surface area contributed by atoms with Crippen molar-refractivity contribution in [3.05, 3.63) is 35.4 Å². The van der Waals surface area contributed by atoms with E-state index in [1.807, 2.05) is 13.8 Å². The van der Waals surface area contributed by atoms with Crippen molar-refractivity contribution < 1.29 is 9.59 Å². The third kappa shape index (κ3) is 5.01. The van der Waals surface area contributed by atoms with E-state index in [-0.39, 0.29) is 30.9 Å². The number of nitrogens with one attached hydrogen (secondary N) is 1. The van der Waals surface area contributed by atoms with Crippen LogP contribution in [-0.4, -0.2) is 42.9 Å². The predicted molar refractivity (Wildman–Crippen MR) is 79.2 cm³/mol. The number of nitrogens with zero attached hydrogens (tertiary/aromatic N) is 1. The lowest BCUT2D eigenvalue weighted by Gasteiger charge is -2.25. The quantitative estimate of drug-likeness (QED) is 0.793. The molecule has 0 fully saturated rings. The van der Waals surface area contributed by atoms with Crippen molar-refractivity contribution in [1.82, 2.24) is 10.2 Å². The summed E-state index contributed by atoms with van der Waals surface area (Å²) in [5, 5.41) is 2.48. The molecule has 5 heteroatoms. The molecule has 0 heterocycles. The van der Waals surface area contributed by atoms with Crippen LogP contribution in [0.15, 0.2) is 24.3 Å². The molecule has 0 aromatic heterocycles. The number of nitrogens with two attached hydrogens (primary N) is 1. The van der Waals surface area contributed by atoms with Gasteiger partial charge in [0.2, 0.25) is 11.8 Å². The lowest BCUT2D eigenvalue weighted by atomic mass is 10.0. The van der Waals surface area contributed by atoms with Crippen molar-refractivity contribution in [2.24, 2.45) is 5.73 Å². The normalized spacial score (nSPS) is 11.8. The molecule has 1 atom stereocenters. The van der Waals surface area contributed by atoms with Gasteiger partial charge in [-0.2, -0.15) is 0 Å². The van der Waals surface area contributed by atoms with Crippen LogP contribution in [0.3, 0.4) is 0 Å². The molecule has 0 bridgehead atoms. The minimum absolute atomic E-state index is 0.00916. The van der Waals surface area contributed by atoms with Gasteiger partial charge >= 0.3 is 0 Å². The second kappa shape index (κ2) is 7.65. The number of amides is 2. The Hall–Kier alpha value is -1.88. The maximum Gasteiger partial charge on any atom is 0.241 e. The summed E-state index contributed by atoms with van der Waals surface area (Å²) in [7, 11) is 1.75. The molecular formula is C15H23N3O2. The Kier molecular flexibility index (Phi) is 6.18. The summed E-state index contributed by atoms with van der Waals surface area (Å²) in [5.74, 6) is -0.440. The molecule has 0 saturated carbocycles. The topological polar surface area (TPSA) is 75.4 Å². The van der Waals surface area contributed by atoms with Crippen LogP contribution in [0.25, 0.3) is 0 Å². The van der Waals surface area contributed by atoms with Crippen molar-refractivity contribution >= 4 is 11.8 Å². The van der Waals surface area contributed by atoms with Crippen LogP contribution in [0, 0.1) is 6.92 Å². The molecule has 1 aromatic carbocycles. The Morgan fingerprint density at radius 3 is 2.45 bits per heavy atom. The van der Waals surface area contributed by atoms with Gasteiger partial charge < -0.3 is 16.0 Å². The first-order valence-electron chi connectivity index (χ1n) is 6.72. The van der Waals surface area contributed by atoms with Gasteiger partial charge in [-0.05, 0) is 25.8 Å². The fourth-order valence-corrected chi connectivity index (χ4v) is 1.82. The molecule has 0 saturated heterocycles. The highest BCUT2D eigenvalue weighted by Gasteiger charge is 2.16. The fraction of sp³-hybridized carbons (Fsp3) is 0.467. The number of benzene rings is 1. The number of aryl methyl sites for hydroxylation is 1. The summed E-state index contributed by atoms with van der Waals surface area (Å²) in [5.41, 5.74) is 7.58. The second-order valence-electron chi connectivity index (χ2n) is 5.02. The Morgan fingerprint density at radius 2 is 1.90 bits per heavy atom. The molecular weight excluding hydrogens is 254 g/mol. The van der Waals surface area contributed by atoms with Crippen LogP contribution in [0.4, 0.5) is 0 Å². The average molecular weight is 277 g/mol. The van der Waals surface area contributed by atoms with Crippen LogP contribution in [0.5, 0.6) is 0 Å². The van der Waals surface area contributed by atoms with Gasteiger partial charge in [0.1, 0.15) is 0 Å². The van der Waals surface area contributed by atoms with Crippen molar-refractivity contribution in [2.75, 3.05) is 20.1 Å². The molecule has 1 aromatic rings. The molecule has 2 amide bonds. The van der Waals surface area contributed by atoms with Gasteiger partial charge in [0, 0.05) is 13.1 Å². The van der Waals surface area contributed by atoms with Gasteiger partial charge in [-0.15, -0.1) is 0 Å². The Bertz CT molecular complexity index is 457. The molecule has 0 radical (unpaired) electrons. The zero-order valence-corrected chi connectivity index (χ0v) is 12.3. The van der Waals surface area contributed by atoms with Crippen LogP contribution < -0.4 is 11.1 Å².